The molecule has 5 heteroatoms. The van der Waals surface area contributed by atoms with Crippen molar-refractivity contribution in [2.24, 2.45) is 0 Å². The number of hydrogen-bond acceptors (Lipinski definition) is 3. The highest BCUT2D eigenvalue weighted by molar-refractivity contribution is 6.32. The average Bonchev–Trinajstić information content (AvgIpc) is 2.55. The van der Waals surface area contributed by atoms with Crippen LogP contribution in [0.3, 0.4) is 0 Å². The summed E-state index contributed by atoms with van der Waals surface area (Å²) in [4.78, 5) is 1.93. The van der Waals surface area contributed by atoms with Crippen LogP contribution in [-0.2, 0) is 0 Å². The fourth-order valence-corrected chi connectivity index (χ4v) is 2.64. The highest BCUT2D eigenvalue weighted by Gasteiger charge is 2.15. The lowest BCUT2D eigenvalue weighted by molar-refractivity contribution is 0.475. The van der Waals surface area contributed by atoms with E-state index in [1.165, 1.54) is 12.1 Å². The predicted octanol–water partition coefficient (Wildman–Crippen LogP) is 5.87. The maximum atomic E-state index is 9.64. The molecule has 0 aliphatic rings. The molecule has 3 aromatic rings. The lowest BCUT2D eigenvalue weighted by atomic mass is 10.2. The first kappa shape index (κ1) is 15.5. The fourth-order valence-electron chi connectivity index (χ4n) is 2.29. The number of phenolic OH excluding ortho intramolecular Hbond substituents is 2. The van der Waals surface area contributed by atoms with E-state index < -0.39 is 0 Å². The molecule has 0 fully saturated rings. The van der Waals surface area contributed by atoms with Crippen LogP contribution in [0.15, 0.2) is 66.7 Å². The second-order valence-electron chi connectivity index (χ2n) is 4.94. The number of phenols is 2. The monoisotopic (exact) mass is 345 g/mol. The van der Waals surface area contributed by atoms with Crippen molar-refractivity contribution < 1.29 is 10.2 Å². The summed E-state index contributed by atoms with van der Waals surface area (Å²) in [7, 11) is 0. The average molecular weight is 346 g/mol. The van der Waals surface area contributed by atoms with E-state index in [1.54, 1.807) is 24.3 Å². The van der Waals surface area contributed by atoms with Crippen LogP contribution in [0, 0.1) is 0 Å². The largest absolute Gasteiger partial charge is 0.506 e. The van der Waals surface area contributed by atoms with Gasteiger partial charge in [-0.2, -0.15) is 0 Å². The molecule has 0 amide bonds. The lowest BCUT2D eigenvalue weighted by Gasteiger charge is -2.26. The Bertz CT molecular complexity index is 786. The Labute approximate surface area is 144 Å². The van der Waals surface area contributed by atoms with Gasteiger partial charge in [0, 0.05) is 17.1 Å². The van der Waals surface area contributed by atoms with Gasteiger partial charge in [-0.3, -0.25) is 0 Å². The minimum atomic E-state index is 0.0205. The second-order valence-corrected chi connectivity index (χ2v) is 5.76. The molecule has 116 valence electrons. The van der Waals surface area contributed by atoms with Crippen LogP contribution in [-0.4, -0.2) is 10.2 Å². The van der Waals surface area contributed by atoms with Gasteiger partial charge < -0.3 is 15.1 Å². The quantitative estimate of drug-likeness (QED) is 0.623. The Morgan fingerprint density at radius 2 is 1.09 bits per heavy atom. The number of benzene rings is 3. The van der Waals surface area contributed by atoms with Gasteiger partial charge in [-0.1, -0.05) is 41.4 Å². The van der Waals surface area contributed by atoms with E-state index in [0.717, 1.165) is 17.1 Å². The summed E-state index contributed by atoms with van der Waals surface area (Å²) in [6, 6.07) is 19.6. The molecule has 0 aliphatic heterocycles. The summed E-state index contributed by atoms with van der Waals surface area (Å²) >= 11 is 12.1. The summed E-state index contributed by atoms with van der Waals surface area (Å²) in [5.41, 5.74) is 2.43. The van der Waals surface area contributed by atoms with Crippen molar-refractivity contribution >= 4 is 40.3 Å². The van der Waals surface area contributed by atoms with Crippen LogP contribution >= 0.6 is 23.2 Å². The van der Waals surface area contributed by atoms with E-state index >= 15 is 0 Å². The van der Waals surface area contributed by atoms with Gasteiger partial charge in [0.15, 0.2) is 0 Å². The predicted molar refractivity (Wildman–Crippen MR) is 94.5 cm³/mol. The van der Waals surface area contributed by atoms with Crippen LogP contribution < -0.4 is 4.90 Å². The number of aromatic hydroxyl groups is 2. The van der Waals surface area contributed by atoms with Crippen molar-refractivity contribution in [1.29, 1.82) is 0 Å². The van der Waals surface area contributed by atoms with Gasteiger partial charge in [-0.05, 0) is 48.5 Å². The van der Waals surface area contributed by atoms with Crippen LogP contribution in [0.4, 0.5) is 17.1 Å². The molecule has 23 heavy (non-hydrogen) atoms. The molecule has 3 rings (SSSR count). The maximum absolute atomic E-state index is 9.64. The topological polar surface area (TPSA) is 43.7 Å². The summed E-state index contributed by atoms with van der Waals surface area (Å²) in [5.74, 6) is 0.0410. The number of rotatable bonds is 3. The van der Waals surface area contributed by atoms with Gasteiger partial charge in [0.2, 0.25) is 0 Å². The Morgan fingerprint density at radius 1 is 0.609 bits per heavy atom. The molecule has 3 aromatic carbocycles. The third-order valence-electron chi connectivity index (χ3n) is 3.39. The van der Waals surface area contributed by atoms with E-state index in [2.05, 4.69) is 0 Å². The highest BCUT2D eigenvalue weighted by Crippen LogP contribution is 2.39. The van der Waals surface area contributed by atoms with Gasteiger partial charge >= 0.3 is 0 Å². The minimum Gasteiger partial charge on any atom is -0.506 e. The molecule has 0 saturated heterocycles. The summed E-state index contributed by atoms with van der Waals surface area (Å²) in [6.45, 7) is 0. The molecule has 0 spiro atoms. The number of para-hydroxylation sites is 1. The number of halogens is 2. The number of nitrogens with zero attached hydrogens (tertiary/aromatic N) is 1. The van der Waals surface area contributed by atoms with Gasteiger partial charge in [-0.15, -0.1) is 0 Å². The van der Waals surface area contributed by atoms with Crippen molar-refractivity contribution in [3.63, 3.8) is 0 Å². The summed E-state index contributed by atoms with van der Waals surface area (Å²) in [5, 5.41) is 19.8. The Balaban J connectivity index is 2.17. The highest BCUT2D eigenvalue weighted by atomic mass is 35.5. The third-order valence-corrected chi connectivity index (χ3v) is 4.00. The van der Waals surface area contributed by atoms with Crippen molar-refractivity contribution in [2.45, 2.75) is 0 Å². The van der Waals surface area contributed by atoms with Gasteiger partial charge in [-0.25, -0.2) is 0 Å². The molecular weight excluding hydrogens is 333 g/mol. The Hall–Kier alpha value is -2.36. The molecule has 0 saturated carbocycles. The molecule has 0 aliphatic carbocycles. The first-order chi connectivity index (χ1) is 11.1. The Kier molecular flexibility index (Phi) is 4.33. The van der Waals surface area contributed by atoms with Crippen molar-refractivity contribution in [1.82, 2.24) is 0 Å². The molecule has 0 radical (unpaired) electrons. The fraction of sp³-hybridized carbons (Fsp3) is 0. The van der Waals surface area contributed by atoms with E-state index in [-0.39, 0.29) is 21.5 Å². The van der Waals surface area contributed by atoms with Crippen LogP contribution in [0.25, 0.3) is 0 Å². The maximum Gasteiger partial charge on any atom is 0.134 e. The summed E-state index contributed by atoms with van der Waals surface area (Å²) in [6.07, 6.45) is 0. The molecular formula is C18H13Cl2NO2. The molecule has 0 aromatic heterocycles. The zero-order valence-electron chi connectivity index (χ0n) is 11.9. The van der Waals surface area contributed by atoms with Gasteiger partial charge in [0.1, 0.15) is 11.5 Å². The van der Waals surface area contributed by atoms with E-state index in [1.807, 2.05) is 35.2 Å². The van der Waals surface area contributed by atoms with E-state index in [9.17, 15) is 10.2 Å². The minimum absolute atomic E-state index is 0.0205. The van der Waals surface area contributed by atoms with Crippen LogP contribution in [0.1, 0.15) is 0 Å². The van der Waals surface area contributed by atoms with Crippen molar-refractivity contribution in [3.05, 3.63) is 76.8 Å². The van der Waals surface area contributed by atoms with Crippen molar-refractivity contribution in [2.75, 3.05) is 4.90 Å². The van der Waals surface area contributed by atoms with E-state index in [4.69, 9.17) is 23.2 Å². The van der Waals surface area contributed by atoms with Gasteiger partial charge in [0.25, 0.3) is 0 Å². The number of anilines is 3. The molecule has 2 N–H and O–H groups in total. The van der Waals surface area contributed by atoms with Crippen LogP contribution in [0.2, 0.25) is 10.0 Å². The van der Waals surface area contributed by atoms with E-state index in [0.29, 0.717) is 0 Å². The first-order valence-electron chi connectivity index (χ1n) is 6.88. The molecule has 0 unspecified atom stereocenters. The normalized spacial score (nSPS) is 10.5. The molecule has 0 heterocycles. The zero-order valence-corrected chi connectivity index (χ0v) is 13.5. The Morgan fingerprint density at radius 3 is 1.52 bits per heavy atom. The molecule has 3 nitrogen and oxygen atoms in total. The van der Waals surface area contributed by atoms with Crippen molar-refractivity contribution in [3.8, 4) is 11.5 Å². The van der Waals surface area contributed by atoms with Crippen LogP contribution in [0.5, 0.6) is 11.5 Å². The second kappa shape index (κ2) is 6.41. The molecule has 0 bridgehead atoms. The number of hydrogen-bond donors (Lipinski definition) is 2. The third kappa shape index (κ3) is 3.21. The molecule has 0 atom stereocenters. The summed E-state index contributed by atoms with van der Waals surface area (Å²) < 4.78 is 0. The zero-order chi connectivity index (χ0) is 16.4. The smallest absolute Gasteiger partial charge is 0.134 e. The lowest BCUT2D eigenvalue weighted by Crippen LogP contribution is -2.09. The SMILES string of the molecule is Oc1ccc(N(c2ccccc2)c2ccc(O)c(Cl)c2)cc1Cl. The first-order valence-corrected chi connectivity index (χ1v) is 7.64. The standard InChI is InChI=1S/C18H13Cl2NO2/c19-15-10-13(6-8-17(15)22)21(12-4-2-1-3-5-12)14-7-9-18(23)16(20)11-14/h1-11,22-23H. The van der Waals surface area contributed by atoms with Gasteiger partial charge in [0.05, 0.1) is 10.0 Å².